The van der Waals surface area contributed by atoms with Gasteiger partial charge in [-0.15, -0.1) is 0 Å². The van der Waals surface area contributed by atoms with Crippen LogP contribution in [0.4, 0.5) is 0 Å². The predicted octanol–water partition coefficient (Wildman–Crippen LogP) is 1.27. The minimum absolute atomic E-state index is 0.200. The summed E-state index contributed by atoms with van der Waals surface area (Å²) in [4.78, 5) is 9.36. The van der Waals surface area contributed by atoms with E-state index in [1.54, 1.807) is 0 Å². The quantitative estimate of drug-likeness (QED) is 0.788. The number of hydrogen-bond donors (Lipinski definition) is 1. The zero-order valence-electron chi connectivity index (χ0n) is 11.6. The zero-order valence-corrected chi connectivity index (χ0v) is 11.6. The molecule has 2 aliphatic rings. The van der Waals surface area contributed by atoms with E-state index in [-0.39, 0.29) is 5.54 Å². The monoisotopic (exact) mass is 238 g/mol. The standard InChI is InChI=1S/C13H26N4/c1-5-10(2)17-12(14)15-9-13(17)6-7-16(4)11(3)8-13/h10-11H,5-9H2,1-4H3,(H2,14,15). The first kappa shape index (κ1) is 12.7. The van der Waals surface area contributed by atoms with E-state index in [2.05, 4.69) is 42.6 Å². The van der Waals surface area contributed by atoms with Gasteiger partial charge in [-0.3, -0.25) is 4.99 Å². The van der Waals surface area contributed by atoms with Gasteiger partial charge in [-0.25, -0.2) is 0 Å². The second-order valence-electron chi connectivity index (χ2n) is 5.81. The van der Waals surface area contributed by atoms with Crippen LogP contribution in [-0.2, 0) is 0 Å². The van der Waals surface area contributed by atoms with Crippen molar-refractivity contribution in [1.82, 2.24) is 9.80 Å². The lowest BCUT2D eigenvalue weighted by atomic mass is 9.82. The minimum Gasteiger partial charge on any atom is -0.370 e. The van der Waals surface area contributed by atoms with Crippen molar-refractivity contribution in [2.24, 2.45) is 10.7 Å². The predicted molar refractivity (Wildman–Crippen MR) is 72.1 cm³/mol. The maximum atomic E-state index is 6.10. The van der Waals surface area contributed by atoms with Crippen LogP contribution in [-0.4, -0.2) is 53.5 Å². The van der Waals surface area contributed by atoms with E-state index in [1.807, 2.05) is 0 Å². The van der Waals surface area contributed by atoms with Gasteiger partial charge in [0.05, 0.1) is 12.1 Å². The van der Waals surface area contributed by atoms with Crippen molar-refractivity contribution < 1.29 is 0 Å². The summed E-state index contributed by atoms with van der Waals surface area (Å²) in [5, 5.41) is 0. The molecule has 3 atom stereocenters. The van der Waals surface area contributed by atoms with Crippen molar-refractivity contribution in [1.29, 1.82) is 0 Å². The average Bonchev–Trinajstić information content (AvgIpc) is 2.61. The molecule has 1 saturated heterocycles. The van der Waals surface area contributed by atoms with Gasteiger partial charge >= 0.3 is 0 Å². The number of likely N-dealkylation sites (tertiary alicyclic amines) is 1. The van der Waals surface area contributed by atoms with Crippen molar-refractivity contribution in [3.05, 3.63) is 0 Å². The summed E-state index contributed by atoms with van der Waals surface area (Å²) in [6, 6.07) is 1.12. The largest absolute Gasteiger partial charge is 0.370 e. The van der Waals surface area contributed by atoms with Crippen LogP contribution in [0.3, 0.4) is 0 Å². The van der Waals surface area contributed by atoms with Crippen LogP contribution in [0.2, 0.25) is 0 Å². The fourth-order valence-electron chi connectivity index (χ4n) is 3.27. The number of nitrogens with zero attached hydrogens (tertiary/aromatic N) is 3. The highest BCUT2D eigenvalue weighted by Gasteiger charge is 2.47. The lowest BCUT2D eigenvalue weighted by Gasteiger charge is -2.49. The maximum absolute atomic E-state index is 6.10. The Morgan fingerprint density at radius 1 is 1.59 bits per heavy atom. The summed E-state index contributed by atoms with van der Waals surface area (Å²) in [5.74, 6) is 0.760. The molecule has 1 spiro atoms. The van der Waals surface area contributed by atoms with Crippen molar-refractivity contribution in [3.63, 3.8) is 0 Å². The van der Waals surface area contributed by atoms with Crippen LogP contribution in [0.15, 0.2) is 4.99 Å². The van der Waals surface area contributed by atoms with Gasteiger partial charge in [-0.1, -0.05) is 6.92 Å². The van der Waals surface area contributed by atoms with Gasteiger partial charge in [0.2, 0.25) is 0 Å². The normalized spacial score (nSPS) is 36.4. The van der Waals surface area contributed by atoms with Gasteiger partial charge in [-0.2, -0.15) is 0 Å². The van der Waals surface area contributed by atoms with Crippen molar-refractivity contribution >= 4 is 5.96 Å². The molecular formula is C13H26N4. The SMILES string of the molecule is CCC(C)N1C(N)=NCC12CCN(C)C(C)C2. The molecule has 98 valence electrons. The molecule has 0 amide bonds. The molecule has 17 heavy (non-hydrogen) atoms. The highest BCUT2D eigenvalue weighted by molar-refractivity contribution is 5.81. The second-order valence-corrected chi connectivity index (χ2v) is 5.81. The molecule has 0 aromatic heterocycles. The van der Waals surface area contributed by atoms with Gasteiger partial charge in [-0.05, 0) is 40.2 Å². The number of rotatable bonds is 2. The number of guanidine groups is 1. The number of nitrogens with two attached hydrogens (primary N) is 1. The molecule has 4 heteroatoms. The Kier molecular flexibility index (Phi) is 3.34. The Morgan fingerprint density at radius 2 is 2.29 bits per heavy atom. The first-order valence-corrected chi connectivity index (χ1v) is 6.79. The van der Waals surface area contributed by atoms with E-state index in [0.29, 0.717) is 12.1 Å². The third-order valence-corrected chi connectivity index (χ3v) is 4.68. The first-order valence-electron chi connectivity index (χ1n) is 6.79. The lowest BCUT2D eigenvalue weighted by molar-refractivity contribution is 0.0449. The van der Waals surface area contributed by atoms with E-state index >= 15 is 0 Å². The Balaban J connectivity index is 2.20. The van der Waals surface area contributed by atoms with Gasteiger partial charge in [0.25, 0.3) is 0 Å². The molecule has 0 aromatic rings. The average molecular weight is 238 g/mol. The van der Waals surface area contributed by atoms with Crippen LogP contribution in [0.5, 0.6) is 0 Å². The minimum atomic E-state index is 0.200. The van der Waals surface area contributed by atoms with E-state index in [0.717, 1.165) is 25.5 Å². The van der Waals surface area contributed by atoms with Crippen molar-refractivity contribution in [2.45, 2.75) is 57.7 Å². The summed E-state index contributed by atoms with van der Waals surface area (Å²) >= 11 is 0. The molecule has 2 rings (SSSR count). The van der Waals surface area contributed by atoms with E-state index in [9.17, 15) is 0 Å². The topological polar surface area (TPSA) is 44.9 Å². The molecule has 0 radical (unpaired) electrons. The van der Waals surface area contributed by atoms with Crippen LogP contribution in [0, 0.1) is 0 Å². The molecular weight excluding hydrogens is 212 g/mol. The Labute approximate surface area is 105 Å². The molecule has 0 aromatic carbocycles. The summed E-state index contributed by atoms with van der Waals surface area (Å²) in [6.45, 7) is 8.84. The van der Waals surface area contributed by atoms with E-state index < -0.39 is 0 Å². The summed E-state index contributed by atoms with van der Waals surface area (Å²) < 4.78 is 0. The van der Waals surface area contributed by atoms with Crippen LogP contribution >= 0.6 is 0 Å². The van der Waals surface area contributed by atoms with Crippen LogP contribution < -0.4 is 5.73 Å². The fourth-order valence-corrected chi connectivity index (χ4v) is 3.27. The maximum Gasteiger partial charge on any atom is 0.192 e. The van der Waals surface area contributed by atoms with Crippen LogP contribution in [0.1, 0.15) is 40.0 Å². The smallest absolute Gasteiger partial charge is 0.192 e. The molecule has 3 unspecified atom stereocenters. The highest BCUT2D eigenvalue weighted by atomic mass is 15.4. The molecule has 2 heterocycles. The number of hydrogen-bond acceptors (Lipinski definition) is 4. The van der Waals surface area contributed by atoms with Crippen molar-refractivity contribution in [3.8, 4) is 0 Å². The van der Waals surface area contributed by atoms with E-state index in [4.69, 9.17) is 5.73 Å². The molecule has 2 N–H and O–H groups in total. The third-order valence-electron chi connectivity index (χ3n) is 4.68. The third kappa shape index (κ3) is 2.03. The Hall–Kier alpha value is -0.770. The van der Waals surface area contributed by atoms with Gasteiger partial charge < -0.3 is 15.5 Å². The summed E-state index contributed by atoms with van der Waals surface area (Å²) in [7, 11) is 2.21. The fraction of sp³-hybridized carbons (Fsp3) is 0.923. The van der Waals surface area contributed by atoms with E-state index in [1.165, 1.54) is 12.8 Å². The molecule has 2 aliphatic heterocycles. The first-order chi connectivity index (χ1) is 8.00. The Bertz CT molecular complexity index is 315. The molecule has 0 aliphatic carbocycles. The molecule has 1 fully saturated rings. The second kappa shape index (κ2) is 4.48. The lowest BCUT2D eigenvalue weighted by Crippen LogP contribution is -2.61. The number of piperidine rings is 1. The molecule has 0 bridgehead atoms. The Morgan fingerprint density at radius 3 is 2.88 bits per heavy atom. The summed E-state index contributed by atoms with van der Waals surface area (Å²) in [6.07, 6.45) is 3.49. The molecule has 0 saturated carbocycles. The number of aliphatic imine (C=N–C) groups is 1. The molecule has 4 nitrogen and oxygen atoms in total. The van der Waals surface area contributed by atoms with Crippen molar-refractivity contribution in [2.75, 3.05) is 20.1 Å². The van der Waals surface area contributed by atoms with Gasteiger partial charge in [0.1, 0.15) is 0 Å². The van der Waals surface area contributed by atoms with Crippen LogP contribution in [0.25, 0.3) is 0 Å². The highest BCUT2D eigenvalue weighted by Crippen LogP contribution is 2.37. The van der Waals surface area contributed by atoms with Gasteiger partial charge in [0.15, 0.2) is 5.96 Å². The summed E-state index contributed by atoms with van der Waals surface area (Å²) in [5.41, 5.74) is 6.30. The van der Waals surface area contributed by atoms with Gasteiger partial charge in [0, 0.05) is 18.6 Å². The zero-order chi connectivity index (χ0) is 12.6.